The highest BCUT2D eigenvalue weighted by molar-refractivity contribution is 9.10. The molecular weight excluding hydrogens is 283 g/mol. The van der Waals surface area contributed by atoms with Crippen LogP contribution in [0.3, 0.4) is 0 Å². The Morgan fingerprint density at radius 1 is 1.38 bits per heavy atom. The minimum absolute atomic E-state index is 0.360. The van der Waals surface area contributed by atoms with Crippen LogP contribution < -0.4 is 5.73 Å². The highest BCUT2D eigenvalue weighted by atomic mass is 79.9. The molecule has 90 valence electrons. The van der Waals surface area contributed by atoms with E-state index in [0.29, 0.717) is 16.5 Å². The molecule has 0 aromatic heterocycles. The first kappa shape index (κ1) is 13.5. The van der Waals surface area contributed by atoms with E-state index in [0.717, 1.165) is 18.6 Å². The lowest BCUT2D eigenvalue weighted by Gasteiger charge is -2.15. The lowest BCUT2D eigenvalue weighted by atomic mass is 10.0. The topological polar surface area (TPSA) is 26.0 Å². The second kappa shape index (κ2) is 5.19. The predicted molar refractivity (Wildman–Crippen MR) is 61.0 cm³/mol. The summed E-state index contributed by atoms with van der Waals surface area (Å²) in [6, 6.07) is 3.20. The number of halogens is 4. The number of benzene rings is 1. The Balaban J connectivity index is 3.09. The summed E-state index contributed by atoms with van der Waals surface area (Å²) in [5, 5.41) is 0. The average molecular weight is 296 g/mol. The molecule has 0 saturated carbocycles. The summed E-state index contributed by atoms with van der Waals surface area (Å²) in [4.78, 5) is 0. The van der Waals surface area contributed by atoms with Crippen molar-refractivity contribution in [3.63, 3.8) is 0 Å². The van der Waals surface area contributed by atoms with Gasteiger partial charge in [0.1, 0.15) is 0 Å². The summed E-state index contributed by atoms with van der Waals surface area (Å²) in [7, 11) is 0. The Hall–Kier alpha value is -0.550. The van der Waals surface area contributed by atoms with Crippen LogP contribution in [0.25, 0.3) is 0 Å². The zero-order valence-electron chi connectivity index (χ0n) is 8.81. The molecule has 0 radical (unpaired) electrons. The third-order valence-electron chi connectivity index (χ3n) is 2.32. The van der Waals surface area contributed by atoms with E-state index in [1.807, 2.05) is 6.92 Å². The Bertz CT molecular complexity index is 363. The third kappa shape index (κ3) is 3.22. The Labute approximate surface area is 101 Å². The van der Waals surface area contributed by atoms with Gasteiger partial charge in [0, 0.05) is 10.5 Å². The normalized spacial score (nSPS) is 13.9. The zero-order chi connectivity index (χ0) is 12.3. The van der Waals surface area contributed by atoms with Crippen molar-refractivity contribution in [2.24, 2.45) is 5.73 Å². The lowest BCUT2D eigenvalue weighted by molar-refractivity contribution is -0.137. The molecule has 0 saturated heterocycles. The molecule has 0 fully saturated rings. The molecule has 0 aliphatic rings. The van der Waals surface area contributed by atoms with Crippen LogP contribution in [0.5, 0.6) is 0 Å². The molecule has 1 atom stereocenters. The van der Waals surface area contributed by atoms with E-state index in [1.54, 1.807) is 0 Å². The van der Waals surface area contributed by atoms with Crippen molar-refractivity contribution < 1.29 is 13.2 Å². The minimum Gasteiger partial charge on any atom is -0.324 e. The van der Waals surface area contributed by atoms with Crippen molar-refractivity contribution in [1.29, 1.82) is 0 Å². The molecule has 16 heavy (non-hydrogen) atoms. The molecule has 5 heteroatoms. The van der Waals surface area contributed by atoms with Crippen LogP contribution in [-0.4, -0.2) is 0 Å². The van der Waals surface area contributed by atoms with Crippen LogP contribution in [0.4, 0.5) is 13.2 Å². The first-order chi connectivity index (χ1) is 7.36. The van der Waals surface area contributed by atoms with Crippen LogP contribution in [-0.2, 0) is 6.18 Å². The van der Waals surface area contributed by atoms with Gasteiger partial charge in [-0.15, -0.1) is 0 Å². The lowest BCUT2D eigenvalue weighted by Crippen LogP contribution is -2.13. The van der Waals surface area contributed by atoms with Crippen molar-refractivity contribution >= 4 is 15.9 Å². The standard InChI is InChI=1S/C11H13BrF3N/c1-2-3-10(16)8-6-7(11(13,14)15)4-5-9(8)12/h4-6,10H,2-3,16H2,1H3/t10-/m0/s1. The van der Waals surface area contributed by atoms with Crippen molar-refractivity contribution in [3.8, 4) is 0 Å². The smallest absolute Gasteiger partial charge is 0.324 e. The summed E-state index contributed by atoms with van der Waals surface area (Å²) < 4.78 is 38.1. The van der Waals surface area contributed by atoms with E-state index in [9.17, 15) is 13.2 Å². The van der Waals surface area contributed by atoms with Gasteiger partial charge in [-0.3, -0.25) is 0 Å². The predicted octanol–water partition coefficient (Wildman–Crippen LogP) is 4.27. The highest BCUT2D eigenvalue weighted by Crippen LogP contribution is 2.34. The van der Waals surface area contributed by atoms with Crippen LogP contribution in [0.15, 0.2) is 22.7 Å². The van der Waals surface area contributed by atoms with Gasteiger partial charge in [-0.25, -0.2) is 0 Å². The molecule has 2 N–H and O–H groups in total. The second-order valence-corrected chi connectivity index (χ2v) is 4.48. The zero-order valence-corrected chi connectivity index (χ0v) is 10.4. The van der Waals surface area contributed by atoms with Gasteiger partial charge in [0.15, 0.2) is 0 Å². The molecule has 1 aromatic rings. The molecule has 0 spiro atoms. The number of hydrogen-bond donors (Lipinski definition) is 1. The summed E-state index contributed by atoms with van der Waals surface area (Å²) in [5.74, 6) is 0. The van der Waals surface area contributed by atoms with Crippen molar-refractivity contribution in [3.05, 3.63) is 33.8 Å². The van der Waals surface area contributed by atoms with Crippen molar-refractivity contribution in [2.45, 2.75) is 32.0 Å². The van der Waals surface area contributed by atoms with E-state index in [-0.39, 0.29) is 6.04 Å². The van der Waals surface area contributed by atoms with Gasteiger partial charge < -0.3 is 5.73 Å². The number of nitrogens with two attached hydrogens (primary N) is 1. The van der Waals surface area contributed by atoms with Crippen molar-refractivity contribution in [1.82, 2.24) is 0 Å². The summed E-state index contributed by atoms with van der Waals surface area (Å²) >= 11 is 3.22. The molecule has 1 aromatic carbocycles. The van der Waals surface area contributed by atoms with E-state index < -0.39 is 11.7 Å². The summed E-state index contributed by atoms with van der Waals surface area (Å²) in [6.45, 7) is 1.95. The maximum absolute atomic E-state index is 12.5. The molecule has 0 heterocycles. The van der Waals surface area contributed by atoms with E-state index in [2.05, 4.69) is 15.9 Å². The quantitative estimate of drug-likeness (QED) is 0.885. The summed E-state index contributed by atoms with van der Waals surface area (Å²) in [6.07, 6.45) is -2.81. The molecule has 0 aliphatic carbocycles. The SMILES string of the molecule is CCC[C@H](N)c1cc(C(F)(F)F)ccc1Br. The fourth-order valence-electron chi connectivity index (χ4n) is 1.47. The van der Waals surface area contributed by atoms with Gasteiger partial charge in [0.05, 0.1) is 5.56 Å². The number of rotatable bonds is 3. The first-order valence-electron chi connectivity index (χ1n) is 4.98. The van der Waals surface area contributed by atoms with Crippen LogP contribution >= 0.6 is 15.9 Å². The molecule has 0 unspecified atom stereocenters. The third-order valence-corrected chi connectivity index (χ3v) is 3.04. The van der Waals surface area contributed by atoms with Gasteiger partial charge in [0.2, 0.25) is 0 Å². The Morgan fingerprint density at radius 2 is 2.00 bits per heavy atom. The minimum atomic E-state index is -4.32. The van der Waals surface area contributed by atoms with Crippen LogP contribution in [0, 0.1) is 0 Å². The van der Waals surface area contributed by atoms with Gasteiger partial charge in [-0.1, -0.05) is 29.3 Å². The maximum atomic E-state index is 12.5. The first-order valence-corrected chi connectivity index (χ1v) is 5.77. The largest absolute Gasteiger partial charge is 0.416 e. The highest BCUT2D eigenvalue weighted by Gasteiger charge is 2.31. The average Bonchev–Trinajstić information content (AvgIpc) is 2.16. The van der Waals surface area contributed by atoms with Crippen molar-refractivity contribution in [2.75, 3.05) is 0 Å². The second-order valence-electron chi connectivity index (χ2n) is 3.63. The fraction of sp³-hybridized carbons (Fsp3) is 0.455. The Morgan fingerprint density at radius 3 is 2.50 bits per heavy atom. The van der Waals surface area contributed by atoms with Crippen LogP contribution in [0.1, 0.15) is 36.9 Å². The van der Waals surface area contributed by atoms with E-state index >= 15 is 0 Å². The molecule has 0 amide bonds. The van der Waals surface area contributed by atoms with Crippen LogP contribution in [0.2, 0.25) is 0 Å². The number of alkyl halides is 3. The maximum Gasteiger partial charge on any atom is 0.416 e. The molecular formula is C11H13BrF3N. The summed E-state index contributed by atoms with van der Waals surface area (Å²) in [5.41, 5.74) is 5.68. The van der Waals surface area contributed by atoms with Gasteiger partial charge >= 0.3 is 6.18 Å². The molecule has 1 nitrogen and oxygen atoms in total. The molecule has 0 aliphatic heterocycles. The van der Waals surface area contributed by atoms with Gasteiger partial charge in [-0.05, 0) is 30.2 Å². The van der Waals surface area contributed by atoms with E-state index in [4.69, 9.17) is 5.73 Å². The van der Waals surface area contributed by atoms with E-state index in [1.165, 1.54) is 6.07 Å². The number of hydrogen-bond acceptors (Lipinski definition) is 1. The Kier molecular flexibility index (Phi) is 4.38. The molecule has 0 bridgehead atoms. The fourth-order valence-corrected chi connectivity index (χ4v) is 2.01. The monoisotopic (exact) mass is 295 g/mol. The van der Waals surface area contributed by atoms with Gasteiger partial charge in [0.25, 0.3) is 0 Å². The van der Waals surface area contributed by atoms with Gasteiger partial charge in [-0.2, -0.15) is 13.2 Å². The molecule has 1 rings (SSSR count).